The summed E-state index contributed by atoms with van der Waals surface area (Å²) in [7, 11) is -3.82. The molecule has 1 saturated heterocycles. The van der Waals surface area contributed by atoms with Gasteiger partial charge in [-0.25, -0.2) is 17.6 Å². The van der Waals surface area contributed by atoms with Crippen molar-refractivity contribution in [3.63, 3.8) is 0 Å². The first-order chi connectivity index (χ1) is 13.0. The van der Waals surface area contributed by atoms with E-state index in [9.17, 15) is 17.6 Å². The monoisotopic (exact) mass is 391 g/mol. The van der Waals surface area contributed by atoms with Crippen molar-refractivity contribution in [2.45, 2.75) is 30.2 Å². The summed E-state index contributed by atoms with van der Waals surface area (Å²) in [6, 6.07) is 13.2. The standard InChI is InChI=1S/C19H22FN3O3S/c20-15-7-6-11-18(13-15)27(25,26)23-12-5-4-10-17(23)14-21-19(24)22-16-8-2-1-3-9-16/h1-3,6-9,11,13,17H,4-5,10,12,14H2,(H2,21,22,24). The Morgan fingerprint density at radius 2 is 1.89 bits per heavy atom. The van der Waals surface area contributed by atoms with Crippen LogP contribution in [-0.2, 0) is 10.0 Å². The van der Waals surface area contributed by atoms with Crippen molar-refractivity contribution in [1.29, 1.82) is 0 Å². The average molecular weight is 391 g/mol. The third kappa shape index (κ3) is 4.84. The second-order valence-electron chi connectivity index (χ2n) is 6.42. The molecule has 0 spiro atoms. The second-order valence-corrected chi connectivity index (χ2v) is 8.31. The SMILES string of the molecule is O=C(NCC1CCCCN1S(=O)(=O)c1cccc(F)c1)Nc1ccccc1. The Labute approximate surface area is 158 Å². The lowest BCUT2D eigenvalue weighted by molar-refractivity contribution is 0.231. The zero-order chi connectivity index (χ0) is 19.3. The molecule has 0 bridgehead atoms. The number of carbonyl (C=O) groups is 1. The molecule has 6 nitrogen and oxygen atoms in total. The van der Waals surface area contributed by atoms with Gasteiger partial charge in [0.2, 0.25) is 10.0 Å². The molecule has 2 amide bonds. The van der Waals surface area contributed by atoms with Crippen molar-refractivity contribution >= 4 is 21.7 Å². The van der Waals surface area contributed by atoms with E-state index < -0.39 is 21.9 Å². The molecule has 2 aromatic carbocycles. The van der Waals surface area contributed by atoms with Crippen LogP contribution >= 0.6 is 0 Å². The van der Waals surface area contributed by atoms with Crippen LogP contribution < -0.4 is 10.6 Å². The van der Waals surface area contributed by atoms with E-state index in [1.54, 1.807) is 12.1 Å². The van der Waals surface area contributed by atoms with Crippen molar-refractivity contribution in [3.8, 4) is 0 Å². The maximum absolute atomic E-state index is 13.5. The molecule has 1 atom stereocenters. The lowest BCUT2D eigenvalue weighted by atomic mass is 10.1. The van der Waals surface area contributed by atoms with Gasteiger partial charge in [0.25, 0.3) is 0 Å². The number of piperidine rings is 1. The average Bonchev–Trinajstić information content (AvgIpc) is 2.67. The highest BCUT2D eigenvalue weighted by Gasteiger charge is 2.33. The summed E-state index contributed by atoms with van der Waals surface area (Å²) in [6.45, 7) is 0.540. The number of carbonyl (C=O) groups excluding carboxylic acids is 1. The number of anilines is 1. The van der Waals surface area contributed by atoms with Gasteiger partial charge in [0, 0.05) is 24.8 Å². The Morgan fingerprint density at radius 1 is 1.11 bits per heavy atom. The van der Waals surface area contributed by atoms with Crippen LogP contribution in [0.5, 0.6) is 0 Å². The van der Waals surface area contributed by atoms with E-state index in [4.69, 9.17) is 0 Å². The zero-order valence-electron chi connectivity index (χ0n) is 14.8. The summed E-state index contributed by atoms with van der Waals surface area (Å²) in [4.78, 5) is 12.0. The fourth-order valence-corrected chi connectivity index (χ4v) is 4.89. The van der Waals surface area contributed by atoms with Crippen LogP contribution in [0.2, 0.25) is 0 Å². The summed E-state index contributed by atoms with van der Waals surface area (Å²) in [5, 5.41) is 5.44. The van der Waals surface area contributed by atoms with E-state index in [0.717, 1.165) is 18.9 Å². The van der Waals surface area contributed by atoms with Gasteiger partial charge in [-0.3, -0.25) is 0 Å². The molecule has 27 heavy (non-hydrogen) atoms. The highest BCUT2D eigenvalue weighted by atomic mass is 32.2. The second kappa shape index (κ2) is 8.49. The van der Waals surface area contributed by atoms with E-state index in [-0.39, 0.29) is 17.5 Å². The first kappa shape index (κ1) is 19.3. The Kier molecular flexibility index (Phi) is 6.08. The van der Waals surface area contributed by atoms with Gasteiger partial charge >= 0.3 is 6.03 Å². The van der Waals surface area contributed by atoms with Crippen LogP contribution in [0.1, 0.15) is 19.3 Å². The predicted octanol–water partition coefficient (Wildman–Crippen LogP) is 3.19. The molecule has 0 saturated carbocycles. The fraction of sp³-hybridized carbons (Fsp3) is 0.316. The molecule has 1 fully saturated rings. The van der Waals surface area contributed by atoms with Crippen molar-refractivity contribution in [3.05, 3.63) is 60.4 Å². The van der Waals surface area contributed by atoms with E-state index in [1.807, 2.05) is 18.2 Å². The molecule has 2 N–H and O–H groups in total. The number of halogens is 1. The van der Waals surface area contributed by atoms with Gasteiger partial charge in [0.15, 0.2) is 0 Å². The molecule has 3 rings (SSSR count). The molecule has 144 valence electrons. The maximum atomic E-state index is 13.5. The molecule has 0 aliphatic carbocycles. The highest BCUT2D eigenvalue weighted by molar-refractivity contribution is 7.89. The number of sulfonamides is 1. The molecule has 8 heteroatoms. The highest BCUT2D eigenvalue weighted by Crippen LogP contribution is 2.25. The van der Waals surface area contributed by atoms with Crippen LogP contribution in [0.3, 0.4) is 0 Å². The number of urea groups is 1. The van der Waals surface area contributed by atoms with Crippen molar-refractivity contribution in [2.75, 3.05) is 18.4 Å². The Balaban J connectivity index is 1.67. The van der Waals surface area contributed by atoms with Crippen LogP contribution in [0, 0.1) is 5.82 Å². The largest absolute Gasteiger partial charge is 0.336 e. The first-order valence-corrected chi connectivity index (χ1v) is 10.3. The van der Waals surface area contributed by atoms with Gasteiger partial charge < -0.3 is 10.6 Å². The predicted molar refractivity (Wildman–Crippen MR) is 101 cm³/mol. The van der Waals surface area contributed by atoms with Crippen molar-refractivity contribution < 1.29 is 17.6 Å². The molecule has 0 aromatic heterocycles. The van der Waals surface area contributed by atoms with Gasteiger partial charge in [-0.15, -0.1) is 0 Å². The smallest absolute Gasteiger partial charge is 0.319 e. The van der Waals surface area contributed by atoms with Gasteiger partial charge in [-0.2, -0.15) is 4.31 Å². The normalized spacial score (nSPS) is 18.0. The zero-order valence-corrected chi connectivity index (χ0v) is 15.6. The number of benzene rings is 2. The summed E-state index contributed by atoms with van der Waals surface area (Å²) in [5.41, 5.74) is 0.655. The van der Waals surface area contributed by atoms with Crippen molar-refractivity contribution in [1.82, 2.24) is 9.62 Å². The van der Waals surface area contributed by atoms with Crippen LogP contribution in [0.4, 0.5) is 14.9 Å². The number of nitrogens with zero attached hydrogens (tertiary/aromatic N) is 1. The lowest BCUT2D eigenvalue weighted by Crippen LogP contribution is -2.49. The Bertz CT molecular complexity index is 890. The van der Waals surface area contributed by atoms with E-state index >= 15 is 0 Å². The Morgan fingerprint density at radius 3 is 2.63 bits per heavy atom. The third-order valence-electron chi connectivity index (χ3n) is 4.51. The van der Waals surface area contributed by atoms with E-state index in [1.165, 1.54) is 22.5 Å². The minimum absolute atomic E-state index is 0.0665. The quantitative estimate of drug-likeness (QED) is 0.822. The van der Waals surface area contributed by atoms with Gasteiger partial charge in [-0.05, 0) is 43.2 Å². The summed E-state index contributed by atoms with van der Waals surface area (Å²) >= 11 is 0. The molecular formula is C19H22FN3O3S. The number of nitrogens with one attached hydrogen (secondary N) is 2. The summed E-state index contributed by atoms with van der Waals surface area (Å²) in [5.74, 6) is -0.593. The minimum atomic E-state index is -3.82. The summed E-state index contributed by atoms with van der Waals surface area (Å²) in [6.07, 6.45) is 2.25. The van der Waals surface area contributed by atoms with Gasteiger partial charge in [0.1, 0.15) is 5.82 Å². The number of hydrogen-bond acceptors (Lipinski definition) is 3. The molecule has 1 aliphatic heterocycles. The van der Waals surface area contributed by atoms with Crippen molar-refractivity contribution in [2.24, 2.45) is 0 Å². The topological polar surface area (TPSA) is 78.5 Å². The molecule has 0 radical (unpaired) electrons. The number of para-hydroxylation sites is 1. The molecule has 2 aromatic rings. The van der Waals surface area contributed by atoms with Crippen LogP contribution in [0.25, 0.3) is 0 Å². The number of hydrogen-bond donors (Lipinski definition) is 2. The number of amides is 2. The molecule has 1 heterocycles. The molecule has 1 aliphatic rings. The van der Waals surface area contributed by atoms with E-state index in [0.29, 0.717) is 18.7 Å². The minimum Gasteiger partial charge on any atom is -0.336 e. The third-order valence-corrected chi connectivity index (χ3v) is 6.45. The van der Waals surface area contributed by atoms with Crippen LogP contribution in [-0.4, -0.2) is 37.9 Å². The summed E-state index contributed by atoms with van der Waals surface area (Å²) < 4.78 is 40.7. The number of rotatable bonds is 5. The van der Waals surface area contributed by atoms with Gasteiger partial charge in [0.05, 0.1) is 4.90 Å². The van der Waals surface area contributed by atoms with Gasteiger partial charge in [-0.1, -0.05) is 30.7 Å². The Hall–Kier alpha value is -2.45. The lowest BCUT2D eigenvalue weighted by Gasteiger charge is -2.34. The van der Waals surface area contributed by atoms with E-state index in [2.05, 4.69) is 10.6 Å². The van der Waals surface area contributed by atoms with Crippen LogP contribution in [0.15, 0.2) is 59.5 Å². The molecule has 1 unspecified atom stereocenters. The fourth-order valence-electron chi connectivity index (χ4n) is 3.16. The maximum Gasteiger partial charge on any atom is 0.319 e. The molecular weight excluding hydrogens is 369 g/mol. The first-order valence-electron chi connectivity index (χ1n) is 8.84.